The minimum Gasteiger partial charge on any atom is -0.408 e. The van der Waals surface area contributed by atoms with E-state index in [1.807, 2.05) is 41.1 Å². The topological polar surface area (TPSA) is 51.3 Å². The largest absolute Gasteiger partial charge is 0.420 e. The molecule has 0 spiro atoms. The van der Waals surface area contributed by atoms with Crippen molar-refractivity contribution in [1.82, 2.24) is 14.5 Å². The number of nitrogens with zero attached hydrogens (tertiary/aromatic N) is 3. The molecule has 23 heavy (non-hydrogen) atoms. The van der Waals surface area contributed by atoms with Crippen molar-refractivity contribution in [3.63, 3.8) is 0 Å². The first-order valence-corrected chi connectivity index (χ1v) is 8.02. The molecule has 0 bridgehead atoms. The zero-order valence-corrected chi connectivity index (χ0v) is 12.9. The van der Waals surface area contributed by atoms with Crippen LogP contribution in [0.4, 0.5) is 0 Å². The van der Waals surface area contributed by atoms with Gasteiger partial charge in [0.15, 0.2) is 5.58 Å². The predicted octanol–water partition coefficient (Wildman–Crippen LogP) is 2.83. The number of rotatable bonds is 3. The van der Waals surface area contributed by atoms with E-state index in [4.69, 9.17) is 4.42 Å². The number of aromatic nitrogens is 2. The van der Waals surface area contributed by atoms with E-state index in [0.717, 1.165) is 38.0 Å². The normalized spacial score (nSPS) is 19.2. The fourth-order valence-corrected chi connectivity index (χ4v) is 3.47. The van der Waals surface area contributed by atoms with Gasteiger partial charge < -0.3 is 4.42 Å². The van der Waals surface area contributed by atoms with Crippen molar-refractivity contribution in [3.8, 4) is 0 Å². The molecule has 0 aliphatic carbocycles. The van der Waals surface area contributed by atoms with Crippen molar-refractivity contribution in [2.75, 3.05) is 13.1 Å². The number of oxazole rings is 1. The van der Waals surface area contributed by atoms with E-state index < -0.39 is 0 Å². The molecule has 1 atom stereocenters. The standard InChI is InChI=1S/C18H19N3O2/c22-18-21(16-7-1-2-8-17(16)23-18)15-6-4-10-20(13-15)12-14-5-3-9-19-11-14/h1-3,5,7-9,11,15H,4,6,10,12-13H2. The first kappa shape index (κ1) is 14.2. The minimum absolute atomic E-state index is 0.163. The van der Waals surface area contributed by atoms with Crippen molar-refractivity contribution >= 4 is 11.1 Å². The highest BCUT2D eigenvalue weighted by Gasteiger charge is 2.25. The lowest BCUT2D eigenvalue weighted by molar-refractivity contribution is 0.167. The Kier molecular flexibility index (Phi) is 3.71. The van der Waals surface area contributed by atoms with Crippen LogP contribution in [0.15, 0.2) is 58.0 Å². The molecule has 3 heterocycles. The van der Waals surface area contributed by atoms with Crippen LogP contribution in [-0.4, -0.2) is 27.5 Å². The fraction of sp³-hybridized carbons (Fsp3) is 0.333. The highest BCUT2D eigenvalue weighted by Crippen LogP contribution is 2.25. The average Bonchev–Trinajstić information content (AvgIpc) is 2.92. The van der Waals surface area contributed by atoms with E-state index in [-0.39, 0.29) is 11.8 Å². The quantitative estimate of drug-likeness (QED) is 0.746. The van der Waals surface area contributed by atoms with Gasteiger partial charge in [-0.25, -0.2) is 4.79 Å². The van der Waals surface area contributed by atoms with Crippen LogP contribution in [0.3, 0.4) is 0 Å². The summed E-state index contributed by atoms with van der Waals surface area (Å²) in [5.41, 5.74) is 2.77. The zero-order chi connectivity index (χ0) is 15.6. The predicted molar refractivity (Wildman–Crippen MR) is 88.3 cm³/mol. The van der Waals surface area contributed by atoms with Crippen LogP contribution in [0.5, 0.6) is 0 Å². The van der Waals surface area contributed by atoms with Gasteiger partial charge in [-0.2, -0.15) is 0 Å². The Labute approximate surface area is 134 Å². The SMILES string of the molecule is O=c1oc2ccccc2n1C1CCCN(Cc2cccnc2)C1. The van der Waals surface area contributed by atoms with Crippen LogP contribution >= 0.6 is 0 Å². The van der Waals surface area contributed by atoms with Gasteiger partial charge in [-0.15, -0.1) is 0 Å². The number of hydrogen-bond acceptors (Lipinski definition) is 4. The van der Waals surface area contributed by atoms with Gasteiger partial charge in [-0.05, 0) is 43.1 Å². The maximum Gasteiger partial charge on any atom is 0.420 e. The van der Waals surface area contributed by atoms with Crippen molar-refractivity contribution in [1.29, 1.82) is 0 Å². The monoisotopic (exact) mass is 309 g/mol. The highest BCUT2D eigenvalue weighted by atomic mass is 16.4. The molecule has 1 saturated heterocycles. The smallest absolute Gasteiger partial charge is 0.408 e. The second kappa shape index (κ2) is 6.01. The van der Waals surface area contributed by atoms with Gasteiger partial charge in [-0.3, -0.25) is 14.5 Å². The number of likely N-dealkylation sites (tertiary alicyclic amines) is 1. The summed E-state index contributed by atoms with van der Waals surface area (Å²) in [6.07, 6.45) is 5.78. The van der Waals surface area contributed by atoms with Gasteiger partial charge in [0, 0.05) is 25.5 Å². The lowest BCUT2D eigenvalue weighted by Crippen LogP contribution is -2.38. The lowest BCUT2D eigenvalue weighted by Gasteiger charge is -2.32. The third kappa shape index (κ3) is 2.80. The van der Waals surface area contributed by atoms with Crippen LogP contribution in [-0.2, 0) is 6.54 Å². The Bertz CT molecular complexity index is 853. The molecule has 118 valence electrons. The molecular formula is C18H19N3O2. The first-order valence-electron chi connectivity index (χ1n) is 8.02. The number of para-hydroxylation sites is 2. The number of piperidine rings is 1. The average molecular weight is 309 g/mol. The molecule has 1 aromatic carbocycles. The third-order valence-electron chi connectivity index (χ3n) is 4.49. The van der Waals surface area contributed by atoms with Crippen LogP contribution in [0, 0.1) is 0 Å². The third-order valence-corrected chi connectivity index (χ3v) is 4.49. The van der Waals surface area contributed by atoms with Crippen molar-refractivity contribution in [3.05, 3.63) is 64.9 Å². The summed E-state index contributed by atoms with van der Waals surface area (Å²) in [6, 6.07) is 11.9. The van der Waals surface area contributed by atoms with E-state index in [0.29, 0.717) is 5.58 Å². The molecular weight excluding hydrogens is 290 g/mol. The van der Waals surface area contributed by atoms with Crippen LogP contribution in [0.25, 0.3) is 11.1 Å². The van der Waals surface area contributed by atoms with Crippen molar-refractivity contribution in [2.45, 2.75) is 25.4 Å². The molecule has 4 rings (SSSR count). The summed E-state index contributed by atoms with van der Waals surface area (Å²) in [6.45, 7) is 2.78. The summed E-state index contributed by atoms with van der Waals surface area (Å²) in [7, 11) is 0. The second-order valence-electron chi connectivity index (χ2n) is 6.10. The molecule has 5 nitrogen and oxygen atoms in total. The molecule has 1 aliphatic rings. The van der Waals surface area contributed by atoms with Gasteiger partial charge in [-0.1, -0.05) is 18.2 Å². The van der Waals surface area contributed by atoms with E-state index in [2.05, 4.69) is 16.0 Å². The van der Waals surface area contributed by atoms with E-state index >= 15 is 0 Å². The number of benzene rings is 1. The summed E-state index contributed by atoms with van der Waals surface area (Å²) in [5, 5.41) is 0. The van der Waals surface area contributed by atoms with Gasteiger partial charge in [0.1, 0.15) is 0 Å². The maximum absolute atomic E-state index is 12.3. The van der Waals surface area contributed by atoms with Crippen LogP contribution < -0.4 is 5.76 Å². The Morgan fingerprint density at radius 2 is 2.13 bits per heavy atom. The number of hydrogen-bond donors (Lipinski definition) is 0. The molecule has 3 aromatic rings. The molecule has 0 saturated carbocycles. The Morgan fingerprint density at radius 1 is 1.22 bits per heavy atom. The Hall–Kier alpha value is -2.40. The highest BCUT2D eigenvalue weighted by molar-refractivity contribution is 5.72. The molecule has 0 N–H and O–H groups in total. The molecule has 0 radical (unpaired) electrons. The molecule has 5 heteroatoms. The Morgan fingerprint density at radius 3 is 3.00 bits per heavy atom. The lowest BCUT2D eigenvalue weighted by atomic mass is 10.0. The van der Waals surface area contributed by atoms with Gasteiger partial charge in [0.2, 0.25) is 0 Å². The fourth-order valence-electron chi connectivity index (χ4n) is 3.47. The first-order chi connectivity index (χ1) is 11.3. The van der Waals surface area contributed by atoms with Crippen molar-refractivity contribution < 1.29 is 4.42 Å². The molecule has 1 aliphatic heterocycles. The molecule has 1 unspecified atom stereocenters. The summed E-state index contributed by atoms with van der Waals surface area (Å²) < 4.78 is 7.21. The molecule has 0 amide bonds. The van der Waals surface area contributed by atoms with Gasteiger partial charge in [0.25, 0.3) is 0 Å². The van der Waals surface area contributed by atoms with Crippen LogP contribution in [0.2, 0.25) is 0 Å². The Balaban J connectivity index is 1.59. The van der Waals surface area contributed by atoms with Crippen molar-refractivity contribution in [2.24, 2.45) is 0 Å². The summed E-state index contributed by atoms with van der Waals surface area (Å²) in [5.74, 6) is -0.251. The molecule has 2 aromatic heterocycles. The molecule has 1 fully saturated rings. The van der Waals surface area contributed by atoms with Gasteiger partial charge in [0.05, 0.1) is 11.6 Å². The summed E-state index contributed by atoms with van der Waals surface area (Å²) >= 11 is 0. The van der Waals surface area contributed by atoms with E-state index in [9.17, 15) is 4.79 Å². The second-order valence-corrected chi connectivity index (χ2v) is 6.10. The van der Waals surface area contributed by atoms with E-state index in [1.165, 1.54) is 5.56 Å². The summed E-state index contributed by atoms with van der Waals surface area (Å²) in [4.78, 5) is 18.8. The zero-order valence-electron chi connectivity index (χ0n) is 12.9. The van der Waals surface area contributed by atoms with Gasteiger partial charge >= 0.3 is 5.76 Å². The van der Waals surface area contributed by atoms with Crippen LogP contribution in [0.1, 0.15) is 24.4 Å². The minimum atomic E-state index is -0.251. The van der Waals surface area contributed by atoms with E-state index in [1.54, 1.807) is 6.20 Å². The number of fused-ring (bicyclic) bond motifs is 1. The number of pyridine rings is 1. The maximum atomic E-state index is 12.3.